The van der Waals surface area contributed by atoms with E-state index in [1.165, 1.54) is 4.90 Å². The fourth-order valence-electron chi connectivity index (χ4n) is 4.48. The van der Waals surface area contributed by atoms with Gasteiger partial charge >= 0.3 is 6.09 Å². The first-order valence-electron chi connectivity index (χ1n) is 13.6. The number of carbonyl (C=O) groups is 4. The van der Waals surface area contributed by atoms with Crippen molar-refractivity contribution in [2.24, 2.45) is 5.73 Å². The maximum Gasteiger partial charge on any atom is 0.408 e. The standard InChI is InChI=1S/C31H44N4O6/c1-19-16-20(2)18-21(17-19)26(27(37)33-22-10-12-23(40-9)13-11-22)35(30(3,4)5)28(38)24(14-15-25(32)36)34-29(39)41-31(6,7)8/h10-13,16-18,24,26H,14-15H2,1-9H3,(H2,32,36)(H,33,37)(H,34,39). The van der Waals surface area contributed by atoms with Gasteiger partial charge < -0.3 is 30.7 Å². The number of primary amides is 1. The molecule has 0 bridgehead atoms. The average molecular weight is 569 g/mol. The quantitative estimate of drug-likeness (QED) is 0.377. The van der Waals surface area contributed by atoms with E-state index in [2.05, 4.69) is 10.6 Å². The fourth-order valence-corrected chi connectivity index (χ4v) is 4.48. The van der Waals surface area contributed by atoms with E-state index < -0.39 is 47.0 Å². The van der Waals surface area contributed by atoms with Crippen molar-refractivity contribution >= 4 is 29.5 Å². The molecule has 2 atom stereocenters. The summed E-state index contributed by atoms with van der Waals surface area (Å²) in [6, 6.07) is 10.3. The van der Waals surface area contributed by atoms with Gasteiger partial charge in [0, 0.05) is 17.6 Å². The molecule has 0 fully saturated rings. The van der Waals surface area contributed by atoms with Crippen LogP contribution in [0.4, 0.5) is 10.5 Å². The maximum absolute atomic E-state index is 14.3. The van der Waals surface area contributed by atoms with Crippen LogP contribution in [0.2, 0.25) is 0 Å². The lowest BCUT2D eigenvalue weighted by molar-refractivity contribution is -0.147. The van der Waals surface area contributed by atoms with Crippen molar-refractivity contribution in [2.45, 2.75) is 91.5 Å². The summed E-state index contributed by atoms with van der Waals surface area (Å²) in [6.45, 7) is 14.4. The van der Waals surface area contributed by atoms with Crippen LogP contribution in [0.1, 0.15) is 77.1 Å². The van der Waals surface area contributed by atoms with Crippen molar-refractivity contribution < 1.29 is 28.7 Å². The monoisotopic (exact) mass is 568 g/mol. The first kappa shape index (κ1) is 33.1. The Morgan fingerprint density at radius 2 is 1.49 bits per heavy atom. The molecule has 2 aromatic carbocycles. The molecule has 2 aromatic rings. The first-order chi connectivity index (χ1) is 18.9. The average Bonchev–Trinajstić information content (AvgIpc) is 2.82. The molecule has 0 aromatic heterocycles. The topological polar surface area (TPSA) is 140 Å². The minimum Gasteiger partial charge on any atom is -0.497 e. The summed E-state index contributed by atoms with van der Waals surface area (Å²) in [5, 5.41) is 5.53. The summed E-state index contributed by atoms with van der Waals surface area (Å²) in [4.78, 5) is 54.3. The highest BCUT2D eigenvalue weighted by Gasteiger charge is 2.42. The number of ether oxygens (including phenoxy) is 2. The number of methoxy groups -OCH3 is 1. The number of nitrogens with one attached hydrogen (secondary N) is 2. The van der Waals surface area contributed by atoms with Gasteiger partial charge in [-0.15, -0.1) is 0 Å². The lowest BCUT2D eigenvalue weighted by atomic mass is 9.93. The number of anilines is 1. The van der Waals surface area contributed by atoms with Crippen molar-refractivity contribution in [3.8, 4) is 5.75 Å². The lowest BCUT2D eigenvalue weighted by Gasteiger charge is -2.43. The number of rotatable bonds is 10. The van der Waals surface area contributed by atoms with Crippen LogP contribution in [-0.2, 0) is 19.1 Å². The molecular weight excluding hydrogens is 524 g/mol. The number of carbonyl (C=O) groups excluding carboxylic acids is 4. The summed E-state index contributed by atoms with van der Waals surface area (Å²) in [7, 11) is 1.55. The molecule has 4 N–H and O–H groups in total. The van der Waals surface area contributed by atoms with Gasteiger partial charge in [0.25, 0.3) is 5.91 Å². The van der Waals surface area contributed by atoms with Crippen molar-refractivity contribution in [2.75, 3.05) is 12.4 Å². The molecule has 4 amide bonds. The molecule has 0 heterocycles. The van der Waals surface area contributed by atoms with Crippen LogP contribution in [-0.4, -0.2) is 53.0 Å². The van der Waals surface area contributed by atoms with Gasteiger partial charge in [-0.25, -0.2) is 4.79 Å². The molecule has 0 saturated carbocycles. The van der Waals surface area contributed by atoms with Crippen LogP contribution in [0.25, 0.3) is 0 Å². The smallest absolute Gasteiger partial charge is 0.408 e. The van der Waals surface area contributed by atoms with Gasteiger partial charge in [0.05, 0.1) is 7.11 Å². The van der Waals surface area contributed by atoms with E-state index in [1.54, 1.807) is 72.9 Å². The van der Waals surface area contributed by atoms with E-state index in [4.69, 9.17) is 15.2 Å². The second-order valence-electron chi connectivity index (χ2n) is 12.1. The Bertz CT molecular complexity index is 1220. The van der Waals surface area contributed by atoms with Crippen LogP contribution in [0.3, 0.4) is 0 Å². The number of hydrogen-bond donors (Lipinski definition) is 3. The minimum absolute atomic E-state index is 0.0698. The maximum atomic E-state index is 14.3. The van der Waals surface area contributed by atoms with Crippen LogP contribution >= 0.6 is 0 Å². The van der Waals surface area contributed by atoms with Gasteiger partial charge in [-0.3, -0.25) is 14.4 Å². The molecule has 41 heavy (non-hydrogen) atoms. The van der Waals surface area contributed by atoms with Crippen molar-refractivity contribution in [1.29, 1.82) is 0 Å². The zero-order valence-corrected chi connectivity index (χ0v) is 25.6. The first-order valence-corrected chi connectivity index (χ1v) is 13.6. The second kappa shape index (κ2) is 13.5. The molecule has 0 spiro atoms. The van der Waals surface area contributed by atoms with Crippen molar-refractivity contribution in [3.63, 3.8) is 0 Å². The molecule has 0 radical (unpaired) electrons. The molecule has 224 valence electrons. The molecule has 2 rings (SSSR count). The van der Waals surface area contributed by atoms with Gasteiger partial charge in [-0.2, -0.15) is 0 Å². The van der Waals surface area contributed by atoms with Gasteiger partial charge in [0.1, 0.15) is 23.4 Å². The second-order valence-corrected chi connectivity index (χ2v) is 12.1. The highest BCUT2D eigenvalue weighted by atomic mass is 16.6. The van der Waals surface area contributed by atoms with E-state index in [1.807, 2.05) is 32.0 Å². The predicted octanol–water partition coefficient (Wildman–Crippen LogP) is 4.78. The number of amides is 4. The summed E-state index contributed by atoms with van der Waals surface area (Å²) in [5.74, 6) is -1.00. The molecule has 10 heteroatoms. The van der Waals surface area contributed by atoms with E-state index in [-0.39, 0.29) is 12.8 Å². The summed E-state index contributed by atoms with van der Waals surface area (Å²) < 4.78 is 10.6. The number of nitrogens with zero attached hydrogens (tertiary/aromatic N) is 1. The van der Waals surface area contributed by atoms with Gasteiger partial charge in [0.15, 0.2) is 0 Å². The van der Waals surface area contributed by atoms with Gasteiger partial charge in [-0.1, -0.05) is 29.3 Å². The van der Waals surface area contributed by atoms with E-state index in [0.717, 1.165) is 11.1 Å². The molecule has 0 aliphatic rings. The van der Waals surface area contributed by atoms with Crippen LogP contribution < -0.4 is 21.1 Å². The van der Waals surface area contributed by atoms with Crippen LogP contribution in [0.5, 0.6) is 5.75 Å². The van der Waals surface area contributed by atoms with Crippen molar-refractivity contribution in [3.05, 3.63) is 59.2 Å². The van der Waals surface area contributed by atoms with Crippen LogP contribution in [0, 0.1) is 13.8 Å². The molecule has 10 nitrogen and oxygen atoms in total. The molecule has 0 aliphatic carbocycles. The highest BCUT2D eigenvalue weighted by Crippen LogP contribution is 2.32. The number of hydrogen-bond acceptors (Lipinski definition) is 6. The lowest BCUT2D eigenvalue weighted by Crippen LogP contribution is -2.58. The Kier molecular flexibility index (Phi) is 10.9. The highest BCUT2D eigenvalue weighted by molar-refractivity contribution is 5.99. The van der Waals surface area contributed by atoms with Gasteiger partial charge in [0.2, 0.25) is 11.8 Å². The third kappa shape index (κ3) is 10.1. The van der Waals surface area contributed by atoms with E-state index in [0.29, 0.717) is 17.0 Å². The van der Waals surface area contributed by atoms with Crippen molar-refractivity contribution in [1.82, 2.24) is 10.2 Å². The van der Waals surface area contributed by atoms with E-state index in [9.17, 15) is 19.2 Å². The molecule has 2 unspecified atom stereocenters. The Morgan fingerprint density at radius 1 is 0.927 bits per heavy atom. The Hall–Kier alpha value is -4.08. The third-order valence-electron chi connectivity index (χ3n) is 6.05. The zero-order valence-electron chi connectivity index (χ0n) is 25.6. The third-order valence-corrected chi connectivity index (χ3v) is 6.05. The summed E-state index contributed by atoms with van der Waals surface area (Å²) in [6.07, 6.45) is -1.05. The minimum atomic E-state index is -1.18. The summed E-state index contributed by atoms with van der Waals surface area (Å²) in [5.41, 5.74) is 6.64. The van der Waals surface area contributed by atoms with Crippen LogP contribution in [0.15, 0.2) is 42.5 Å². The number of alkyl carbamates (subject to hydrolysis) is 1. The van der Waals surface area contributed by atoms with Gasteiger partial charge in [-0.05, 0) is 91.6 Å². The largest absolute Gasteiger partial charge is 0.497 e. The van der Waals surface area contributed by atoms with E-state index >= 15 is 0 Å². The molecular formula is C31H44N4O6. The number of nitrogens with two attached hydrogens (primary N) is 1. The fraction of sp³-hybridized carbons (Fsp3) is 0.484. The Labute approximate surface area is 242 Å². The predicted molar refractivity (Wildman–Crippen MR) is 158 cm³/mol. The summed E-state index contributed by atoms with van der Waals surface area (Å²) >= 11 is 0. The normalized spacial score (nSPS) is 13.0. The Balaban J connectivity index is 2.63. The Morgan fingerprint density at radius 3 is 1.95 bits per heavy atom. The SMILES string of the molecule is COc1ccc(NC(=O)C(c2cc(C)cc(C)c2)N(C(=O)C(CCC(N)=O)NC(=O)OC(C)(C)C)C(C)(C)C)cc1. The zero-order chi connectivity index (χ0) is 31.1. The number of benzene rings is 2. The molecule has 0 aliphatic heterocycles. The number of aryl methyl sites for hydroxylation is 2. The molecule has 0 saturated heterocycles.